The van der Waals surface area contributed by atoms with Gasteiger partial charge in [-0.1, -0.05) is 30.7 Å². The Hall–Kier alpha value is -1.61. The summed E-state index contributed by atoms with van der Waals surface area (Å²) in [5.74, 6) is 1.67. The van der Waals surface area contributed by atoms with Gasteiger partial charge >= 0.3 is 0 Å². The highest BCUT2D eigenvalue weighted by atomic mass is 35.5. The molecule has 0 bridgehead atoms. The predicted molar refractivity (Wildman–Crippen MR) is 80.2 cm³/mol. The number of nitrogens with zero attached hydrogens (tertiary/aromatic N) is 2. The second-order valence-corrected chi connectivity index (χ2v) is 5.46. The smallest absolute Gasteiger partial charge is 0.136 e. The third-order valence-electron chi connectivity index (χ3n) is 3.38. The van der Waals surface area contributed by atoms with E-state index in [4.69, 9.17) is 16.3 Å². The average Bonchev–Trinajstić information content (AvgIpc) is 3.26. The van der Waals surface area contributed by atoms with Crippen molar-refractivity contribution in [1.29, 1.82) is 0 Å². The van der Waals surface area contributed by atoms with Crippen LogP contribution >= 0.6 is 11.6 Å². The number of halogens is 1. The molecule has 4 heteroatoms. The van der Waals surface area contributed by atoms with Crippen molar-refractivity contribution >= 4 is 11.6 Å². The third-order valence-corrected chi connectivity index (χ3v) is 3.75. The van der Waals surface area contributed by atoms with Gasteiger partial charge in [-0.3, -0.25) is 0 Å². The first-order valence-corrected chi connectivity index (χ1v) is 7.35. The van der Waals surface area contributed by atoms with E-state index in [0.717, 1.165) is 47.7 Å². The SMILES string of the molecule is CCc1nc(Cl)c(C)c(-c2cccc(OC3CC3)c2)n1. The molecular formula is C16H17ClN2O. The average molecular weight is 289 g/mol. The number of aryl methyl sites for hydroxylation is 1. The molecule has 1 fully saturated rings. The summed E-state index contributed by atoms with van der Waals surface area (Å²) in [7, 11) is 0. The van der Waals surface area contributed by atoms with Crippen LogP contribution in [0.15, 0.2) is 24.3 Å². The molecule has 1 aliphatic carbocycles. The maximum Gasteiger partial charge on any atom is 0.136 e. The standard InChI is InChI=1S/C16H17ClN2O/c1-3-14-18-15(10(2)16(17)19-14)11-5-4-6-13(9-11)20-12-7-8-12/h4-6,9,12H,3,7-8H2,1-2H3. The van der Waals surface area contributed by atoms with Gasteiger partial charge in [0.2, 0.25) is 0 Å². The Morgan fingerprint density at radius 3 is 2.80 bits per heavy atom. The molecule has 1 heterocycles. The normalized spacial score (nSPS) is 14.3. The molecule has 0 radical (unpaired) electrons. The van der Waals surface area contributed by atoms with E-state index < -0.39 is 0 Å². The monoisotopic (exact) mass is 288 g/mol. The van der Waals surface area contributed by atoms with Crippen LogP contribution in [0, 0.1) is 6.92 Å². The molecule has 20 heavy (non-hydrogen) atoms. The summed E-state index contributed by atoms with van der Waals surface area (Å²) in [5, 5.41) is 0.528. The van der Waals surface area contributed by atoms with Gasteiger partial charge in [-0.2, -0.15) is 0 Å². The van der Waals surface area contributed by atoms with Crippen LogP contribution in [0.25, 0.3) is 11.3 Å². The van der Waals surface area contributed by atoms with Crippen molar-refractivity contribution in [3.63, 3.8) is 0 Å². The van der Waals surface area contributed by atoms with Gasteiger partial charge < -0.3 is 4.74 Å². The van der Waals surface area contributed by atoms with Crippen LogP contribution in [0.1, 0.15) is 31.2 Å². The first kappa shape index (κ1) is 13.4. The largest absolute Gasteiger partial charge is 0.490 e. The molecule has 3 nitrogen and oxygen atoms in total. The van der Waals surface area contributed by atoms with Crippen molar-refractivity contribution in [2.24, 2.45) is 0 Å². The van der Waals surface area contributed by atoms with E-state index in [2.05, 4.69) is 9.97 Å². The van der Waals surface area contributed by atoms with E-state index in [1.165, 1.54) is 0 Å². The van der Waals surface area contributed by atoms with Gasteiger partial charge in [-0.05, 0) is 31.9 Å². The molecule has 0 saturated heterocycles. The van der Waals surface area contributed by atoms with Gasteiger partial charge in [0.1, 0.15) is 16.7 Å². The summed E-state index contributed by atoms with van der Waals surface area (Å²) < 4.78 is 5.84. The fourth-order valence-corrected chi connectivity index (χ4v) is 2.25. The number of aromatic nitrogens is 2. The minimum absolute atomic E-state index is 0.395. The summed E-state index contributed by atoms with van der Waals surface area (Å²) in [4.78, 5) is 8.89. The van der Waals surface area contributed by atoms with Crippen LogP contribution in [-0.2, 0) is 6.42 Å². The van der Waals surface area contributed by atoms with Crippen molar-refractivity contribution in [2.45, 2.75) is 39.2 Å². The number of ether oxygens (including phenoxy) is 1. The number of hydrogen-bond donors (Lipinski definition) is 0. The molecular weight excluding hydrogens is 272 g/mol. The Morgan fingerprint density at radius 1 is 1.30 bits per heavy atom. The van der Waals surface area contributed by atoms with Gasteiger partial charge in [-0.25, -0.2) is 9.97 Å². The van der Waals surface area contributed by atoms with Crippen LogP contribution in [0.3, 0.4) is 0 Å². The third kappa shape index (κ3) is 2.78. The van der Waals surface area contributed by atoms with Gasteiger partial charge in [0.05, 0.1) is 11.8 Å². The van der Waals surface area contributed by atoms with Gasteiger partial charge in [0.15, 0.2) is 0 Å². The van der Waals surface area contributed by atoms with Crippen molar-refractivity contribution in [2.75, 3.05) is 0 Å². The summed E-state index contributed by atoms with van der Waals surface area (Å²) in [6.45, 7) is 3.98. The lowest BCUT2D eigenvalue weighted by Gasteiger charge is -2.10. The minimum Gasteiger partial charge on any atom is -0.490 e. The Morgan fingerprint density at radius 2 is 2.10 bits per heavy atom. The molecule has 0 unspecified atom stereocenters. The zero-order chi connectivity index (χ0) is 14.1. The first-order valence-electron chi connectivity index (χ1n) is 6.97. The summed E-state index contributed by atoms with van der Waals surface area (Å²) in [6, 6.07) is 8.04. The molecule has 0 amide bonds. The Labute approximate surface area is 124 Å². The zero-order valence-electron chi connectivity index (χ0n) is 11.7. The zero-order valence-corrected chi connectivity index (χ0v) is 12.4. The van der Waals surface area contributed by atoms with Gasteiger partial charge in [-0.15, -0.1) is 0 Å². The lowest BCUT2D eigenvalue weighted by Crippen LogP contribution is -2.00. The fourth-order valence-electron chi connectivity index (χ4n) is 2.07. The lowest BCUT2D eigenvalue weighted by atomic mass is 10.1. The maximum atomic E-state index is 6.20. The molecule has 1 aromatic heterocycles. The molecule has 0 atom stereocenters. The topological polar surface area (TPSA) is 35.0 Å². The highest BCUT2D eigenvalue weighted by Crippen LogP contribution is 2.31. The molecule has 2 aromatic rings. The highest BCUT2D eigenvalue weighted by Gasteiger charge is 2.23. The summed E-state index contributed by atoms with van der Waals surface area (Å²) in [5.41, 5.74) is 2.83. The lowest BCUT2D eigenvalue weighted by molar-refractivity contribution is 0.303. The van der Waals surface area contributed by atoms with Crippen molar-refractivity contribution < 1.29 is 4.74 Å². The Kier molecular flexibility index (Phi) is 3.62. The van der Waals surface area contributed by atoms with Gasteiger partial charge in [0, 0.05) is 17.5 Å². The molecule has 104 valence electrons. The Balaban J connectivity index is 2.00. The van der Waals surface area contributed by atoms with Crippen LogP contribution in [0.4, 0.5) is 0 Å². The number of hydrogen-bond acceptors (Lipinski definition) is 3. The molecule has 0 N–H and O–H groups in total. The highest BCUT2D eigenvalue weighted by molar-refractivity contribution is 6.30. The van der Waals surface area contributed by atoms with Crippen LogP contribution in [0.2, 0.25) is 5.15 Å². The molecule has 1 aliphatic rings. The Bertz CT molecular complexity index is 638. The minimum atomic E-state index is 0.395. The molecule has 0 aliphatic heterocycles. The number of benzene rings is 1. The van der Waals surface area contributed by atoms with E-state index in [9.17, 15) is 0 Å². The van der Waals surface area contributed by atoms with Crippen molar-refractivity contribution in [3.8, 4) is 17.0 Å². The fraction of sp³-hybridized carbons (Fsp3) is 0.375. The molecule has 3 rings (SSSR count). The van der Waals surface area contributed by atoms with Crippen molar-refractivity contribution in [3.05, 3.63) is 40.8 Å². The molecule has 0 spiro atoms. The second-order valence-electron chi connectivity index (χ2n) is 5.10. The van der Waals surface area contributed by atoms with Crippen LogP contribution in [-0.4, -0.2) is 16.1 Å². The summed E-state index contributed by atoms with van der Waals surface area (Å²) in [6.07, 6.45) is 3.47. The molecule has 1 aromatic carbocycles. The van der Waals surface area contributed by atoms with Gasteiger partial charge in [0.25, 0.3) is 0 Å². The van der Waals surface area contributed by atoms with E-state index >= 15 is 0 Å². The summed E-state index contributed by atoms with van der Waals surface area (Å²) >= 11 is 6.20. The maximum absolute atomic E-state index is 6.20. The predicted octanol–water partition coefficient (Wildman–Crippen LogP) is 4.21. The van der Waals surface area contributed by atoms with E-state index in [1.807, 2.05) is 38.1 Å². The van der Waals surface area contributed by atoms with Crippen LogP contribution in [0.5, 0.6) is 5.75 Å². The van der Waals surface area contributed by atoms with Crippen LogP contribution < -0.4 is 4.74 Å². The first-order chi connectivity index (χ1) is 9.67. The van der Waals surface area contributed by atoms with E-state index in [-0.39, 0.29) is 0 Å². The molecule has 1 saturated carbocycles. The van der Waals surface area contributed by atoms with E-state index in [1.54, 1.807) is 0 Å². The van der Waals surface area contributed by atoms with Crippen molar-refractivity contribution in [1.82, 2.24) is 9.97 Å². The quantitative estimate of drug-likeness (QED) is 0.791. The van der Waals surface area contributed by atoms with E-state index in [0.29, 0.717) is 11.3 Å². The second kappa shape index (κ2) is 5.41. The number of rotatable bonds is 4.